The first kappa shape index (κ1) is 20.3. The second kappa shape index (κ2) is 10.2. The smallest absolute Gasteiger partial charge is 0.231 e. The highest BCUT2D eigenvalue weighted by molar-refractivity contribution is 7.80. The Hall–Kier alpha value is -3.44. The number of benzene rings is 2. The summed E-state index contributed by atoms with van der Waals surface area (Å²) in [4.78, 5) is 0. The fraction of sp³-hybridized carbons (Fsp3) is 0.238. The molecule has 7 nitrogen and oxygen atoms in total. The van der Waals surface area contributed by atoms with Gasteiger partial charge in [-0.1, -0.05) is 12.0 Å². The Morgan fingerprint density at radius 3 is 2.90 bits per heavy atom. The van der Waals surface area contributed by atoms with E-state index in [0.29, 0.717) is 29.8 Å². The highest BCUT2D eigenvalue weighted by Gasteiger charge is 2.13. The maximum Gasteiger partial charge on any atom is 0.231 e. The topological polar surface area (TPSA) is 73.3 Å². The Bertz CT molecular complexity index is 940. The third kappa shape index (κ3) is 5.77. The van der Waals surface area contributed by atoms with Crippen molar-refractivity contribution in [2.24, 2.45) is 5.10 Å². The van der Waals surface area contributed by atoms with E-state index in [2.05, 4.69) is 21.8 Å². The summed E-state index contributed by atoms with van der Waals surface area (Å²) in [5.74, 6) is 5.12. The second-order valence-electron chi connectivity index (χ2n) is 5.87. The van der Waals surface area contributed by atoms with Crippen LogP contribution in [0.4, 0.5) is 0 Å². The number of fused-ring (bicyclic) bond motifs is 1. The molecular formula is C21H21N3O4S. The molecule has 0 bridgehead atoms. The van der Waals surface area contributed by atoms with Crippen molar-refractivity contribution < 1.29 is 18.9 Å². The molecule has 3 rings (SSSR count). The van der Waals surface area contributed by atoms with E-state index >= 15 is 0 Å². The molecule has 1 aliphatic heterocycles. The Balaban J connectivity index is 1.51. The van der Waals surface area contributed by atoms with Crippen molar-refractivity contribution in [2.45, 2.75) is 13.5 Å². The number of hydrogen-bond acceptors (Lipinski definition) is 6. The van der Waals surface area contributed by atoms with Crippen LogP contribution in [0.3, 0.4) is 0 Å². The standard InChI is InChI=1S/C21H21N3O4S/c1-3-9-26-17-7-6-16(11-19(17)25-4-2)13-23-24-21(29)22-12-15-5-8-18-20(10-15)28-14-27-18/h1,5-8,10-11,13H,4,9,12,14H2,2H3,(H2,22,24,29)/b23-13-. The van der Waals surface area contributed by atoms with E-state index in [9.17, 15) is 0 Å². The summed E-state index contributed by atoms with van der Waals surface area (Å²) in [6.45, 7) is 3.38. The number of hydrazone groups is 1. The molecule has 1 aliphatic rings. The maximum absolute atomic E-state index is 5.59. The first-order chi connectivity index (χ1) is 14.2. The normalized spacial score (nSPS) is 11.7. The summed E-state index contributed by atoms with van der Waals surface area (Å²) < 4.78 is 21.7. The van der Waals surface area contributed by atoms with Crippen molar-refractivity contribution in [3.8, 4) is 35.3 Å². The van der Waals surface area contributed by atoms with Gasteiger partial charge in [0.2, 0.25) is 6.79 Å². The van der Waals surface area contributed by atoms with Gasteiger partial charge in [0.25, 0.3) is 0 Å². The fourth-order valence-corrected chi connectivity index (χ4v) is 2.68. The molecule has 150 valence electrons. The van der Waals surface area contributed by atoms with E-state index in [0.717, 1.165) is 22.6 Å². The van der Waals surface area contributed by atoms with Crippen LogP contribution < -0.4 is 29.7 Å². The highest BCUT2D eigenvalue weighted by Crippen LogP contribution is 2.32. The molecule has 0 aromatic heterocycles. The third-order valence-corrected chi connectivity index (χ3v) is 4.08. The zero-order valence-corrected chi connectivity index (χ0v) is 16.8. The fourth-order valence-electron chi connectivity index (χ4n) is 2.55. The van der Waals surface area contributed by atoms with Crippen LogP contribution in [-0.4, -0.2) is 31.3 Å². The molecule has 0 amide bonds. The van der Waals surface area contributed by atoms with Crippen molar-refractivity contribution >= 4 is 23.5 Å². The van der Waals surface area contributed by atoms with Gasteiger partial charge in [-0.25, -0.2) is 0 Å². The van der Waals surface area contributed by atoms with Crippen molar-refractivity contribution in [3.63, 3.8) is 0 Å². The van der Waals surface area contributed by atoms with Gasteiger partial charge in [0.1, 0.15) is 6.61 Å². The monoisotopic (exact) mass is 411 g/mol. The van der Waals surface area contributed by atoms with Crippen LogP contribution in [0, 0.1) is 12.3 Å². The summed E-state index contributed by atoms with van der Waals surface area (Å²) in [5.41, 5.74) is 4.64. The minimum Gasteiger partial charge on any atom is -0.490 e. The molecule has 0 radical (unpaired) electrons. The predicted octanol–water partition coefficient (Wildman–Crippen LogP) is 2.82. The second-order valence-corrected chi connectivity index (χ2v) is 6.28. The SMILES string of the molecule is C#CCOc1ccc(/C=N\NC(=S)NCc2ccc3c(c2)OCO3)cc1OCC. The lowest BCUT2D eigenvalue weighted by Crippen LogP contribution is -2.31. The Morgan fingerprint density at radius 2 is 2.07 bits per heavy atom. The van der Waals surface area contributed by atoms with Crippen LogP contribution in [-0.2, 0) is 6.54 Å². The van der Waals surface area contributed by atoms with Crippen LogP contribution >= 0.6 is 12.2 Å². The molecule has 0 unspecified atom stereocenters. The van der Waals surface area contributed by atoms with Gasteiger partial charge in [0.05, 0.1) is 12.8 Å². The lowest BCUT2D eigenvalue weighted by Gasteiger charge is -2.11. The first-order valence-electron chi connectivity index (χ1n) is 8.98. The quantitative estimate of drug-likeness (QED) is 0.299. The van der Waals surface area contributed by atoms with Gasteiger partial charge in [-0.15, -0.1) is 6.42 Å². The summed E-state index contributed by atoms with van der Waals surface area (Å²) in [5, 5.41) is 7.64. The van der Waals surface area contributed by atoms with Crippen molar-refractivity contribution in [1.82, 2.24) is 10.7 Å². The van der Waals surface area contributed by atoms with E-state index in [1.54, 1.807) is 12.3 Å². The van der Waals surface area contributed by atoms with E-state index in [1.807, 2.05) is 37.3 Å². The summed E-state index contributed by atoms with van der Waals surface area (Å²) in [7, 11) is 0. The van der Waals surface area contributed by atoms with Crippen molar-refractivity contribution in [3.05, 3.63) is 47.5 Å². The zero-order chi connectivity index (χ0) is 20.5. The van der Waals surface area contributed by atoms with E-state index in [1.165, 1.54) is 0 Å². The van der Waals surface area contributed by atoms with E-state index in [4.69, 9.17) is 37.6 Å². The first-order valence-corrected chi connectivity index (χ1v) is 9.39. The summed E-state index contributed by atoms with van der Waals surface area (Å²) in [6.07, 6.45) is 6.88. The Labute approximate surface area is 175 Å². The van der Waals surface area contributed by atoms with Crippen molar-refractivity contribution in [2.75, 3.05) is 20.0 Å². The largest absolute Gasteiger partial charge is 0.490 e. The average molecular weight is 411 g/mol. The molecule has 0 spiro atoms. The number of nitrogens with one attached hydrogen (secondary N) is 2. The molecule has 2 aromatic rings. The van der Waals surface area contributed by atoms with Gasteiger partial charge < -0.3 is 24.3 Å². The Morgan fingerprint density at radius 1 is 1.21 bits per heavy atom. The Kier molecular flexibility index (Phi) is 7.14. The van der Waals surface area contributed by atoms with Crippen molar-refractivity contribution in [1.29, 1.82) is 0 Å². The van der Waals surface area contributed by atoms with Gasteiger partial charge >= 0.3 is 0 Å². The van der Waals surface area contributed by atoms with E-state index in [-0.39, 0.29) is 13.4 Å². The molecule has 0 aliphatic carbocycles. The van der Waals surface area contributed by atoms with Crippen LogP contribution in [0.15, 0.2) is 41.5 Å². The maximum atomic E-state index is 5.59. The highest BCUT2D eigenvalue weighted by atomic mass is 32.1. The minimum absolute atomic E-state index is 0.179. The molecule has 0 fully saturated rings. The number of rotatable bonds is 8. The molecule has 0 saturated heterocycles. The number of terminal acetylenes is 1. The van der Waals surface area contributed by atoms with Gasteiger partial charge in [0.15, 0.2) is 28.1 Å². The predicted molar refractivity (Wildman–Crippen MR) is 115 cm³/mol. The van der Waals surface area contributed by atoms with Crippen LogP contribution in [0.2, 0.25) is 0 Å². The lowest BCUT2D eigenvalue weighted by molar-refractivity contribution is 0.174. The van der Waals surface area contributed by atoms with Crippen LogP contribution in [0.5, 0.6) is 23.0 Å². The summed E-state index contributed by atoms with van der Waals surface area (Å²) in [6, 6.07) is 11.2. The molecule has 8 heteroatoms. The molecule has 2 aromatic carbocycles. The summed E-state index contributed by atoms with van der Waals surface area (Å²) >= 11 is 5.25. The molecule has 2 N–H and O–H groups in total. The third-order valence-electron chi connectivity index (χ3n) is 3.85. The lowest BCUT2D eigenvalue weighted by atomic mass is 10.2. The van der Waals surface area contributed by atoms with Gasteiger partial charge in [-0.05, 0) is 60.6 Å². The number of ether oxygens (including phenoxy) is 4. The molecule has 29 heavy (non-hydrogen) atoms. The number of thiocarbonyl (C=S) groups is 1. The van der Waals surface area contributed by atoms with Crippen LogP contribution in [0.25, 0.3) is 0 Å². The van der Waals surface area contributed by atoms with Crippen LogP contribution in [0.1, 0.15) is 18.1 Å². The minimum atomic E-state index is 0.179. The van der Waals surface area contributed by atoms with E-state index < -0.39 is 0 Å². The molecule has 0 saturated carbocycles. The number of nitrogens with zero attached hydrogens (tertiary/aromatic N) is 1. The van der Waals surface area contributed by atoms with Gasteiger partial charge in [-0.2, -0.15) is 5.10 Å². The average Bonchev–Trinajstić information content (AvgIpc) is 3.20. The molecular weight excluding hydrogens is 390 g/mol. The van der Waals surface area contributed by atoms with Gasteiger partial charge in [-0.3, -0.25) is 5.43 Å². The molecule has 0 atom stereocenters. The zero-order valence-electron chi connectivity index (χ0n) is 15.9. The molecule has 1 heterocycles. The number of hydrogen-bond donors (Lipinski definition) is 2. The van der Waals surface area contributed by atoms with Gasteiger partial charge in [0, 0.05) is 6.54 Å².